The summed E-state index contributed by atoms with van der Waals surface area (Å²) in [7, 11) is 1.62. The van der Waals surface area contributed by atoms with Gasteiger partial charge in [-0.1, -0.05) is 11.6 Å². The molecule has 6 heteroatoms. The van der Waals surface area contributed by atoms with E-state index in [9.17, 15) is 4.39 Å². The fraction of sp³-hybridized carbons (Fsp3) is 0.133. The highest BCUT2D eigenvalue weighted by atomic mass is 35.5. The van der Waals surface area contributed by atoms with E-state index >= 15 is 0 Å². The van der Waals surface area contributed by atoms with Crippen LogP contribution in [0.2, 0.25) is 5.02 Å². The van der Waals surface area contributed by atoms with E-state index in [1.807, 2.05) is 29.7 Å². The maximum atomic E-state index is 13.6. The van der Waals surface area contributed by atoms with Crippen LogP contribution in [0.3, 0.4) is 0 Å². The van der Waals surface area contributed by atoms with E-state index < -0.39 is 5.82 Å². The van der Waals surface area contributed by atoms with Crippen molar-refractivity contribution in [2.45, 2.75) is 6.92 Å². The SMILES string of the molecule is COc1ccc(-n2c(=S)[nH]c3cc(F)c(Cl)cc32)c(C)c1. The van der Waals surface area contributed by atoms with Crippen LogP contribution in [-0.2, 0) is 0 Å². The number of imidazole rings is 1. The fourth-order valence-electron chi connectivity index (χ4n) is 2.35. The van der Waals surface area contributed by atoms with Crippen LogP contribution in [0.4, 0.5) is 4.39 Å². The lowest BCUT2D eigenvalue weighted by Gasteiger charge is -2.10. The molecule has 0 atom stereocenters. The first-order chi connectivity index (χ1) is 10.0. The number of halogens is 2. The quantitative estimate of drug-likeness (QED) is 0.687. The van der Waals surface area contributed by atoms with E-state index in [4.69, 9.17) is 28.6 Å². The second-order valence-corrected chi connectivity index (χ2v) is 5.50. The Hall–Kier alpha value is -1.85. The first-order valence-electron chi connectivity index (χ1n) is 6.26. The minimum Gasteiger partial charge on any atom is -0.497 e. The van der Waals surface area contributed by atoms with Gasteiger partial charge in [-0.25, -0.2) is 4.39 Å². The molecule has 0 saturated carbocycles. The molecule has 3 nitrogen and oxygen atoms in total. The van der Waals surface area contributed by atoms with Crippen molar-refractivity contribution in [3.63, 3.8) is 0 Å². The number of fused-ring (bicyclic) bond motifs is 1. The lowest BCUT2D eigenvalue weighted by atomic mass is 10.2. The number of ether oxygens (including phenoxy) is 1. The molecule has 3 rings (SSSR count). The molecule has 1 aromatic heterocycles. The average Bonchev–Trinajstić information content (AvgIpc) is 2.75. The Bertz CT molecular complexity index is 901. The minimum absolute atomic E-state index is 0.0661. The number of benzene rings is 2. The van der Waals surface area contributed by atoms with E-state index in [0.717, 1.165) is 22.5 Å². The smallest absolute Gasteiger partial charge is 0.182 e. The van der Waals surface area contributed by atoms with Gasteiger partial charge in [0.15, 0.2) is 4.77 Å². The highest BCUT2D eigenvalue weighted by Crippen LogP contribution is 2.28. The highest BCUT2D eigenvalue weighted by molar-refractivity contribution is 7.71. The molecule has 0 spiro atoms. The molecule has 0 radical (unpaired) electrons. The van der Waals surface area contributed by atoms with Crippen LogP contribution in [0.1, 0.15) is 5.56 Å². The molecular formula is C15H12ClFN2OS. The van der Waals surface area contributed by atoms with Gasteiger partial charge in [0.25, 0.3) is 0 Å². The lowest BCUT2D eigenvalue weighted by Crippen LogP contribution is -1.98. The summed E-state index contributed by atoms with van der Waals surface area (Å²) in [6.45, 7) is 1.96. The Kier molecular flexibility index (Phi) is 3.47. The Balaban J connectivity index is 2.32. The first-order valence-corrected chi connectivity index (χ1v) is 7.04. The van der Waals surface area contributed by atoms with Crippen molar-refractivity contribution < 1.29 is 9.13 Å². The molecule has 0 aliphatic heterocycles. The predicted molar refractivity (Wildman–Crippen MR) is 84.7 cm³/mol. The standard InChI is InChI=1S/C15H12ClFN2OS/c1-8-5-9(20-2)3-4-13(8)19-14-6-10(16)11(17)7-12(14)18-15(19)21/h3-7H,1-2H3,(H,18,21). The normalized spacial score (nSPS) is 11.0. The van der Waals surface area contributed by atoms with Gasteiger partial charge >= 0.3 is 0 Å². The number of hydrogen-bond acceptors (Lipinski definition) is 2. The summed E-state index contributed by atoms with van der Waals surface area (Å²) in [6.07, 6.45) is 0. The van der Waals surface area contributed by atoms with E-state index in [1.165, 1.54) is 6.07 Å². The van der Waals surface area contributed by atoms with Crippen LogP contribution in [0, 0.1) is 17.5 Å². The summed E-state index contributed by atoms with van der Waals surface area (Å²) in [5.74, 6) is 0.297. The van der Waals surface area contributed by atoms with Crippen molar-refractivity contribution in [1.29, 1.82) is 0 Å². The third-order valence-electron chi connectivity index (χ3n) is 3.37. The number of hydrogen-bond donors (Lipinski definition) is 1. The lowest BCUT2D eigenvalue weighted by molar-refractivity contribution is 0.414. The minimum atomic E-state index is -0.473. The summed E-state index contributed by atoms with van der Waals surface area (Å²) in [6, 6.07) is 8.61. The number of aryl methyl sites for hydroxylation is 1. The van der Waals surface area contributed by atoms with Crippen molar-refractivity contribution >= 4 is 34.9 Å². The van der Waals surface area contributed by atoms with Crippen molar-refractivity contribution in [3.05, 3.63) is 51.5 Å². The van der Waals surface area contributed by atoms with Crippen LogP contribution < -0.4 is 4.74 Å². The second-order valence-electron chi connectivity index (χ2n) is 4.70. The number of methoxy groups -OCH3 is 1. The summed E-state index contributed by atoms with van der Waals surface area (Å²) < 4.78 is 21.1. The van der Waals surface area contributed by atoms with E-state index in [0.29, 0.717) is 10.3 Å². The average molecular weight is 323 g/mol. The maximum absolute atomic E-state index is 13.6. The zero-order valence-corrected chi connectivity index (χ0v) is 13.0. The van der Waals surface area contributed by atoms with Gasteiger partial charge in [-0.2, -0.15) is 0 Å². The molecular weight excluding hydrogens is 311 g/mol. The van der Waals surface area contributed by atoms with Crippen LogP contribution >= 0.6 is 23.8 Å². The molecule has 0 bridgehead atoms. The number of aromatic nitrogens is 2. The molecule has 0 fully saturated rings. The van der Waals surface area contributed by atoms with E-state index in [-0.39, 0.29) is 5.02 Å². The molecule has 3 aromatic rings. The van der Waals surface area contributed by atoms with Gasteiger partial charge in [0.1, 0.15) is 11.6 Å². The van der Waals surface area contributed by atoms with Crippen LogP contribution in [0.15, 0.2) is 30.3 Å². The van der Waals surface area contributed by atoms with Crippen molar-refractivity contribution in [3.8, 4) is 11.4 Å². The van der Waals surface area contributed by atoms with Crippen LogP contribution in [0.25, 0.3) is 16.7 Å². The number of rotatable bonds is 2. The summed E-state index contributed by atoms with van der Waals surface area (Å²) in [5.41, 5.74) is 3.23. The number of aromatic amines is 1. The Labute approximate surface area is 130 Å². The third-order valence-corrected chi connectivity index (χ3v) is 3.94. The van der Waals surface area contributed by atoms with Gasteiger partial charge in [-0.3, -0.25) is 4.57 Å². The first kappa shape index (κ1) is 14.1. The van der Waals surface area contributed by atoms with Crippen molar-refractivity contribution in [1.82, 2.24) is 9.55 Å². The van der Waals surface area contributed by atoms with Crippen LogP contribution in [0.5, 0.6) is 5.75 Å². The molecule has 108 valence electrons. The van der Waals surface area contributed by atoms with Crippen LogP contribution in [-0.4, -0.2) is 16.7 Å². The zero-order chi connectivity index (χ0) is 15.1. The fourth-order valence-corrected chi connectivity index (χ4v) is 2.81. The predicted octanol–water partition coefficient (Wildman–Crippen LogP) is 4.80. The Morgan fingerprint density at radius 3 is 2.71 bits per heavy atom. The molecule has 0 aliphatic carbocycles. The number of nitrogens with zero attached hydrogens (tertiary/aromatic N) is 1. The van der Waals surface area contributed by atoms with Crippen molar-refractivity contribution in [2.75, 3.05) is 7.11 Å². The molecule has 2 aromatic carbocycles. The molecule has 0 saturated heterocycles. The molecule has 21 heavy (non-hydrogen) atoms. The van der Waals surface area contributed by atoms with Gasteiger partial charge in [0, 0.05) is 6.07 Å². The van der Waals surface area contributed by atoms with Gasteiger partial charge in [0.05, 0.1) is 28.9 Å². The van der Waals surface area contributed by atoms with Gasteiger partial charge in [0.2, 0.25) is 0 Å². The van der Waals surface area contributed by atoms with Gasteiger partial charge in [-0.05, 0) is 49.0 Å². The van der Waals surface area contributed by atoms with E-state index in [1.54, 1.807) is 13.2 Å². The number of nitrogens with one attached hydrogen (secondary N) is 1. The molecule has 0 aliphatic rings. The Morgan fingerprint density at radius 1 is 1.29 bits per heavy atom. The van der Waals surface area contributed by atoms with E-state index in [2.05, 4.69) is 4.98 Å². The Morgan fingerprint density at radius 2 is 2.05 bits per heavy atom. The van der Waals surface area contributed by atoms with Gasteiger partial charge in [-0.15, -0.1) is 0 Å². The molecule has 1 heterocycles. The zero-order valence-electron chi connectivity index (χ0n) is 11.4. The monoisotopic (exact) mass is 322 g/mol. The summed E-state index contributed by atoms with van der Waals surface area (Å²) in [4.78, 5) is 3.00. The van der Waals surface area contributed by atoms with Gasteiger partial charge < -0.3 is 9.72 Å². The highest BCUT2D eigenvalue weighted by Gasteiger charge is 2.12. The molecule has 0 unspecified atom stereocenters. The van der Waals surface area contributed by atoms with Crippen molar-refractivity contribution in [2.24, 2.45) is 0 Å². The largest absolute Gasteiger partial charge is 0.497 e. The molecule has 1 N–H and O–H groups in total. The second kappa shape index (κ2) is 5.16. The number of H-pyrrole nitrogens is 1. The maximum Gasteiger partial charge on any atom is 0.182 e. The summed E-state index contributed by atoms with van der Waals surface area (Å²) >= 11 is 11.2. The third kappa shape index (κ3) is 2.32. The summed E-state index contributed by atoms with van der Waals surface area (Å²) in [5, 5.41) is 0.0661. The molecule has 0 amide bonds. The topological polar surface area (TPSA) is 29.9 Å².